The zero-order valence-electron chi connectivity index (χ0n) is 9.92. The molecule has 18 heavy (non-hydrogen) atoms. The molecule has 0 aliphatic rings. The largest absolute Gasteiger partial charge is 0.496 e. The maximum Gasteiger partial charge on any atom is 0.235 e. The third-order valence-corrected chi connectivity index (χ3v) is 3.34. The van der Waals surface area contributed by atoms with Crippen LogP contribution in [0.2, 0.25) is 0 Å². The Labute approximate surface area is 109 Å². The van der Waals surface area contributed by atoms with Gasteiger partial charge in [-0.15, -0.1) is 11.3 Å². The average molecular weight is 260 g/mol. The van der Waals surface area contributed by atoms with E-state index < -0.39 is 0 Å². The number of methoxy groups -OCH3 is 1. The van der Waals surface area contributed by atoms with Crippen LogP contribution in [0, 0.1) is 0 Å². The molecule has 5 heteroatoms. The van der Waals surface area contributed by atoms with Gasteiger partial charge >= 0.3 is 0 Å². The molecule has 2 aromatic rings. The molecule has 0 N–H and O–H groups in total. The Morgan fingerprint density at radius 1 is 1.44 bits per heavy atom. The molecule has 0 atom stereocenters. The Hall–Kier alpha value is -1.97. The van der Waals surface area contributed by atoms with E-state index >= 15 is 0 Å². The second-order valence-electron chi connectivity index (χ2n) is 3.63. The van der Waals surface area contributed by atoms with Gasteiger partial charge in [-0.05, 0) is 6.07 Å². The summed E-state index contributed by atoms with van der Waals surface area (Å²) >= 11 is 1.56. The van der Waals surface area contributed by atoms with Gasteiger partial charge in [-0.3, -0.25) is 0 Å². The molecule has 0 spiro atoms. The number of nitrogens with zero attached hydrogens (tertiary/aromatic N) is 2. The van der Waals surface area contributed by atoms with Crippen molar-refractivity contribution in [2.24, 2.45) is 4.99 Å². The Morgan fingerprint density at radius 3 is 3.06 bits per heavy atom. The molecule has 1 heterocycles. The van der Waals surface area contributed by atoms with Crippen LogP contribution < -0.4 is 4.74 Å². The van der Waals surface area contributed by atoms with Crippen molar-refractivity contribution < 1.29 is 9.53 Å². The summed E-state index contributed by atoms with van der Waals surface area (Å²) in [5, 5.41) is 2.89. The third kappa shape index (κ3) is 3.03. The first-order valence-corrected chi connectivity index (χ1v) is 6.30. The predicted octanol–water partition coefficient (Wildman–Crippen LogP) is 2.58. The van der Waals surface area contributed by atoms with Crippen molar-refractivity contribution in [3.8, 4) is 5.75 Å². The van der Waals surface area contributed by atoms with Gasteiger partial charge in [0, 0.05) is 17.4 Å². The van der Waals surface area contributed by atoms with Gasteiger partial charge in [-0.25, -0.2) is 9.78 Å². The first kappa shape index (κ1) is 12.5. The molecule has 1 aromatic heterocycles. The molecule has 0 aliphatic carbocycles. The fraction of sp³-hybridized carbons (Fsp3) is 0.231. The minimum Gasteiger partial charge on any atom is -0.496 e. The first-order chi connectivity index (χ1) is 8.83. The van der Waals surface area contributed by atoms with E-state index in [0.29, 0.717) is 6.54 Å². The molecular weight excluding hydrogens is 248 g/mol. The molecular formula is C13H12N2O2S. The summed E-state index contributed by atoms with van der Waals surface area (Å²) in [7, 11) is 1.66. The highest BCUT2D eigenvalue weighted by Gasteiger charge is 2.06. The van der Waals surface area contributed by atoms with Gasteiger partial charge < -0.3 is 4.74 Å². The number of hydrogen-bond donors (Lipinski definition) is 0. The second-order valence-corrected chi connectivity index (χ2v) is 4.57. The van der Waals surface area contributed by atoms with Gasteiger partial charge in [0.2, 0.25) is 6.08 Å². The monoisotopic (exact) mass is 260 g/mol. The van der Waals surface area contributed by atoms with E-state index in [-0.39, 0.29) is 0 Å². The molecule has 0 radical (unpaired) electrons. The summed E-state index contributed by atoms with van der Waals surface area (Å²) in [5.41, 5.74) is 1.90. The van der Waals surface area contributed by atoms with E-state index in [1.807, 2.05) is 29.6 Å². The number of para-hydroxylation sites is 1. The van der Waals surface area contributed by atoms with Crippen molar-refractivity contribution in [3.05, 3.63) is 45.9 Å². The molecule has 0 aliphatic heterocycles. The number of aromatic nitrogens is 1. The van der Waals surface area contributed by atoms with Crippen molar-refractivity contribution in [1.82, 2.24) is 4.98 Å². The lowest BCUT2D eigenvalue weighted by Gasteiger charge is -2.05. The lowest BCUT2D eigenvalue weighted by Crippen LogP contribution is -1.93. The molecule has 0 unspecified atom stereocenters. The summed E-state index contributed by atoms with van der Waals surface area (Å²) < 4.78 is 5.30. The Balaban J connectivity index is 2.13. The minimum absolute atomic E-state index is 0.298. The SMILES string of the molecule is COc1ccccc1Cc1nc(CN=C=O)cs1. The van der Waals surface area contributed by atoms with Crippen molar-refractivity contribution in [1.29, 1.82) is 0 Å². The number of thiazole rings is 1. The van der Waals surface area contributed by atoms with Crippen LogP contribution in [-0.2, 0) is 17.8 Å². The topological polar surface area (TPSA) is 51.6 Å². The van der Waals surface area contributed by atoms with Crippen LogP contribution in [0.1, 0.15) is 16.3 Å². The van der Waals surface area contributed by atoms with Crippen LogP contribution in [-0.4, -0.2) is 18.2 Å². The number of isocyanates is 1. The van der Waals surface area contributed by atoms with Crippen molar-refractivity contribution >= 4 is 17.4 Å². The van der Waals surface area contributed by atoms with E-state index in [1.54, 1.807) is 18.4 Å². The highest BCUT2D eigenvalue weighted by molar-refractivity contribution is 7.09. The molecule has 0 saturated carbocycles. The van der Waals surface area contributed by atoms with Crippen molar-refractivity contribution in [2.75, 3.05) is 7.11 Å². The van der Waals surface area contributed by atoms with Gasteiger partial charge in [0.25, 0.3) is 0 Å². The zero-order valence-corrected chi connectivity index (χ0v) is 10.7. The summed E-state index contributed by atoms with van der Waals surface area (Å²) in [6, 6.07) is 7.86. The molecule has 0 fully saturated rings. The van der Waals surface area contributed by atoms with Gasteiger partial charge in [0.1, 0.15) is 5.75 Å². The van der Waals surface area contributed by atoms with E-state index in [2.05, 4.69) is 9.98 Å². The molecule has 4 nitrogen and oxygen atoms in total. The van der Waals surface area contributed by atoms with Crippen LogP contribution in [0.3, 0.4) is 0 Å². The highest BCUT2D eigenvalue weighted by atomic mass is 32.1. The first-order valence-electron chi connectivity index (χ1n) is 5.42. The van der Waals surface area contributed by atoms with Gasteiger partial charge in [0.05, 0.1) is 24.4 Å². The zero-order chi connectivity index (χ0) is 12.8. The fourth-order valence-corrected chi connectivity index (χ4v) is 2.44. The van der Waals surface area contributed by atoms with E-state index in [4.69, 9.17) is 4.74 Å². The summed E-state index contributed by atoms with van der Waals surface area (Å²) in [6.07, 6.45) is 2.23. The Kier molecular flexibility index (Phi) is 4.23. The smallest absolute Gasteiger partial charge is 0.235 e. The van der Waals surface area contributed by atoms with E-state index in [0.717, 1.165) is 28.4 Å². The minimum atomic E-state index is 0.298. The number of aliphatic imine (C=N–C) groups is 1. The van der Waals surface area contributed by atoms with E-state index in [1.165, 1.54) is 6.08 Å². The fourth-order valence-electron chi connectivity index (χ4n) is 1.63. The number of rotatable bonds is 5. The van der Waals surface area contributed by atoms with Crippen LogP contribution in [0.4, 0.5) is 0 Å². The molecule has 0 saturated heterocycles. The summed E-state index contributed by atoms with van der Waals surface area (Å²) in [4.78, 5) is 17.9. The van der Waals surface area contributed by atoms with Crippen LogP contribution >= 0.6 is 11.3 Å². The highest BCUT2D eigenvalue weighted by Crippen LogP contribution is 2.22. The second kappa shape index (κ2) is 6.10. The van der Waals surface area contributed by atoms with Gasteiger partial charge in [-0.2, -0.15) is 4.99 Å². The lowest BCUT2D eigenvalue weighted by molar-refractivity contribution is 0.410. The number of ether oxygens (including phenoxy) is 1. The summed E-state index contributed by atoms with van der Waals surface area (Å²) in [5.74, 6) is 0.861. The lowest BCUT2D eigenvalue weighted by atomic mass is 10.1. The average Bonchev–Trinajstić information content (AvgIpc) is 2.84. The number of carbonyl (C=O) groups excluding carboxylic acids is 1. The molecule has 0 amide bonds. The quantitative estimate of drug-likeness (QED) is 0.613. The predicted molar refractivity (Wildman–Crippen MR) is 69.7 cm³/mol. The van der Waals surface area contributed by atoms with Gasteiger partial charge in [-0.1, -0.05) is 18.2 Å². The third-order valence-electron chi connectivity index (χ3n) is 2.44. The molecule has 2 rings (SSSR count). The number of benzene rings is 1. The van der Waals surface area contributed by atoms with Crippen LogP contribution in [0.15, 0.2) is 34.6 Å². The maximum absolute atomic E-state index is 10.0. The molecule has 92 valence electrons. The van der Waals surface area contributed by atoms with Crippen molar-refractivity contribution in [3.63, 3.8) is 0 Å². The van der Waals surface area contributed by atoms with Crippen LogP contribution in [0.25, 0.3) is 0 Å². The van der Waals surface area contributed by atoms with E-state index in [9.17, 15) is 4.79 Å². The standard InChI is InChI=1S/C13H12N2O2S/c1-17-12-5-3-2-4-10(12)6-13-15-11(8-18-13)7-14-9-16/h2-5,8H,6-7H2,1H3. The maximum atomic E-state index is 10.0. The van der Waals surface area contributed by atoms with Crippen molar-refractivity contribution in [2.45, 2.75) is 13.0 Å². The molecule has 1 aromatic carbocycles. The Bertz CT molecular complexity index is 574. The normalized spacial score (nSPS) is 9.83. The molecule has 0 bridgehead atoms. The van der Waals surface area contributed by atoms with Crippen LogP contribution in [0.5, 0.6) is 5.75 Å². The number of hydrogen-bond acceptors (Lipinski definition) is 5. The Morgan fingerprint density at radius 2 is 2.28 bits per heavy atom. The van der Waals surface area contributed by atoms with Gasteiger partial charge in [0.15, 0.2) is 0 Å². The summed E-state index contributed by atoms with van der Waals surface area (Å²) in [6.45, 7) is 0.298.